The maximum absolute atomic E-state index is 12.9. The van der Waals surface area contributed by atoms with E-state index >= 15 is 0 Å². The molecule has 1 fully saturated rings. The zero-order valence-electron chi connectivity index (χ0n) is 21.4. The molecule has 2 aromatic rings. The van der Waals surface area contributed by atoms with E-state index in [0.29, 0.717) is 47.9 Å². The Morgan fingerprint density at radius 1 is 1.31 bits per heavy atom. The first-order chi connectivity index (χ1) is 16.6. The fourth-order valence-corrected chi connectivity index (χ4v) is 4.96. The quantitative estimate of drug-likeness (QED) is 0.405. The van der Waals surface area contributed by atoms with Crippen molar-refractivity contribution in [3.63, 3.8) is 0 Å². The molecule has 0 aliphatic heterocycles. The largest absolute Gasteiger partial charge is 0.391 e. The van der Waals surface area contributed by atoms with Crippen molar-refractivity contribution in [2.75, 3.05) is 11.9 Å². The lowest BCUT2D eigenvalue weighted by Gasteiger charge is -2.34. The second kappa shape index (κ2) is 10.6. The van der Waals surface area contributed by atoms with Crippen LogP contribution in [0.1, 0.15) is 75.9 Å². The summed E-state index contributed by atoms with van der Waals surface area (Å²) in [5, 5.41) is 21.0. The molecule has 1 saturated carbocycles. The summed E-state index contributed by atoms with van der Waals surface area (Å²) in [5.74, 6) is 0.392. The number of rotatable bonds is 8. The van der Waals surface area contributed by atoms with Crippen molar-refractivity contribution >= 4 is 23.3 Å². The van der Waals surface area contributed by atoms with Gasteiger partial charge in [0.2, 0.25) is 0 Å². The Hall–Kier alpha value is -2.33. The fourth-order valence-electron chi connectivity index (χ4n) is 4.64. The van der Waals surface area contributed by atoms with Gasteiger partial charge in [0.1, 0.15) is 5.82 Å². The Morgan fingerprint density at radius 2 is 1.94 bits per heavy atom. The monoisotopic (exact) mass is 529 g/mol. The van der Waals surface area contributed by atoms with Crippen LogP contribution >= 0.6 is 11.6 Å². The summed E-state index contributed by atoms with van der Waals surface area (Å²) in [5.41, 5.74) is -0.298. The maximum Gasteiger partial charge on any atom is 0.391 e. The van der Waals surface area contributed by atoms with Gasteiger partial charge in [0, 0.05) is 30.4 Å². The van der Waals surface area contributed by atoms with Gasteiger partial charge in [0.15, 0.2) is 5.69 Å². The van der Waals surface area contributed by atoms with E-state index in [4.69, 9.17) is 11.6 Å². The van der Waals surface area contributed by atoms with Crippen molar-refractivity contribution < 1.29 is 23.1 Å². The number of halogens is 4. The molecule has 36 heavy (non-hydrogen) atoms. The van der Waals surface area contributed by atoms with Crippen LogP contribution in [0.15, 0.2) is 12.3 Å². The molecule has 3 rings (SSSR count). The minimum atomic E-state index is -4.31. The number of aromatic nitrogens is 3. The van der Waals surface area contributed by atoms with Gasteiger partial charge in [-0.25, -0.2) is 4.98 Å². The van der Waals surface area contributed by atoms with Gasteiger partial charge in [-0.05, 0) is 70.9 Å². The topological polar surface area (TPSA) is 92.1 Å². The highest BCUT2D eigenvalue weighted by atomic mass is 35.5. The smallest absolute Gasteiger partial charge is 0.388 e. The second-order valence-corrected chi connectivity index (χ2v) is 11.0. The SMILES string of the molecule is CCn1nc(C(=O)NCC2(O)CCC(C)CC2)c(Cl)c1-c1cnc(NC(C)(C)CC(F)(F)F)cc1C. The van der Waals surface area contributed by atoms with Crippen molar-refractivity contribution in [2.24, 2.45) is 5.92 Å². The van der Waals surface area contributed by atoms with Gasteiger partial charge in [0.25, 0.3) is 5.91 Å². The predicted octanol–water partition coefficient (Wildman–Crippen LogP) is 5.74. The lowest BCUT2D eigenvalue weighted by molar-refractivity contribution is -0.142. The highest BCUT2D eigenvalue weighted by Gasteiger charge is 2.37. The zero-order chi connectivity index (χ0) is 26.9. The Labute approximate surface area is 214 Å². The normalized spacial score (nSPS) is 20.9. The minimum Gasteiger partial charge on any atom is -0.388 e. The minimum absolute atomic E-state index is 0.0502. The van der Waals surface area contributed by atoms with Crippen molar-refractivity contribution in [1.82, 2.24) is 20.1 Å². The Balaban J connectivity index is 1.81. The fraction of sp³-hybridized carbons (Fsp3) is 0.640. The molecule has 0 bridgehead atoms. The number of nitrogens with one attached hydrogen (secondary N) is 2. The average molecular weight is 530 g/mol. The average Bonchev–Trinajstić information content (AvgIpc) is 3.09. The summed E-state index contributed by atoms with van der Waals surface area (Å²) in [6.07, 6.45) is -0.732. The maximum atomic E-state index is 12.9. The number of aryl methyl sites for hydroxylation is 2. The van der Waals surface area contributed by atoms with E-state index in [0.717, 1.165) is 12.8 Å². The van der Waals surface area contributed by atoms with Crippen LogP contribution in [-0.2, 0) is 6.54 Å². The van der Waals surface area contributed by atoms with Crippen molar-refractivity contribution in [3.05, 3.63) is 28.5 Å². The summed E-state index contributed by atoms with van der Waals surface area (Å²) >= 11 is 6.63. The van der Waals surface area contributed by atoms with Crippen LogP contribution in [0, 0.1) is 12.8 Å². The first kappa shape index (κ1) is 28.2. The van der Waals surface area contributed by atoms with E-state index in [9.17, 15) is 23.1 Å². The molecule has 0 unspecified atom stereocenters. The third-order valence-corrected chi connectivity index (χ3v) is 7.03. The van der Waals surface area contributed by atoms with Gasteiger partial charge < -0.3 is 15.7 Å². The highest BCUT2D eigenvalue weighted by molar-refractivity contribution is 6.36. The molecule has 0 spiro atoms. The Bertz CT molecular complexity index is 1090. The van der Waals surface area contributed by atoms with E-state index in [1.54, 1.807) is 17.7 Å². The van der Waals surface area contributed by atoms with Crippen molar-refractivity contribution in [3.8, 4) is 11.3 Å². The molecule has 7 nitrogen and oxygen atoms in total. The molecule has 0 atom stereocenters. The molecule has 200 valence electrons. The molecular weight excluding hydrogens is 495 g/mol. The Kier molecular flexibility index (Phi) is 8.30. The van der Waals surface area contributed by atoms with E-state index in [1.807, 2.05) is 6.92 Å². The summed E-state index contributed by atoms with van der Waals surface area (Å²) in [6, 6.07) is 1.65. The lowest BCUT2D eigenvalue weighted by Crippen LogP contribution is -2.45. The van der Waals surface area contributed by atoms with Crippen LogP contribution in [0.2, 0.25) is 5.02 Å². The summed E-state index contributed by atoms with van der Waals surface area (Å²) < 4.78 is 40.2. The molecule has 2 heterocycles. The van der Waals surface area contributed by atoms with Gasteiger partial charge in [-0.1, -0.05) is 18.5 Å². The first-order valence-electron chi connectivity index (χ1n) is 12.2. The number of hydrogen-bond donors (Lipinski definition) is 3. The molecule has 0 radical (unpaired) electrons. The third kappa shape index (κ3) is 6.91. The third-order valence-electron chi connectivity index (χ3n) is 6.67. The van der Waals surface area contributed by atoms with Crippen molar-refractivity contribution in [2.45, 2.75) is 90.6 Å². The van der Waals surface area contributed by atoms with Gasteiger partial charge in [-0.3, -0.25) is 9.48 Å². The number of hydrogen-bond acceptors (Lipinski definition) is 5. The van der Waals surface area contributed by atoms with Gasteiger partial charge in [-0.15, -0.1) is 0 Å². The van der Waals surface area contributed by atoms with E-state index in [-0.39, 0.29) is 17.3 Å². The second-order valence-electron chi connectivity index (χ2n) is 10.6. The number of alkyl halides is 3. The van der Waals surface area contributed by atoms with Crippen LogP contribution < -0.4 is 10.6 Å². The van der Waals surface area contributed by atoms with Crippen LogP contribution in [0.4, 0.5) is 19.0 Å². The van der Waals surface area contributed by atoms with Crippen LogP contribution in [0.3, 0.4) is 0 Å². The zero-order valence-corrected chi connectivity index (χ0v) is 22.1. The van der Waals surface area contributed by atoms with E-state index < -0.39 is 29.6 Å². The number of amides is 1. The molecular formula is C25H35ClF3N5O2. The molecule has 1 amide bonds. The summed E-state index contributed by atoms with van der Waals surface area (Å²) in [7, 11) is 0. The molecule has 2 aromatic heterocycles. The van der Waals surface area contributed by atoms with E-state index in [2.05, 4.69) is 27.6 Å². The number of pyridine rings is 1. The number of aliphatic hydroxyl groups is 1. The molecule has 3 N–H and O–H groups in total. The highest BCUT2D eigenvalue weighted by Crippen LogP contribution is 2.35. The van der Waals surface area contributed by atoms with Gasteiger partial charge in [0.05, 0.1) is 22.7 Å². The number of nitrogens with zero attached hydrogens (tertiary/aromatic N) is 3. The Morgan fingerprint density at radius 3 is 2.50 bits per heavy atom. The molecule has 1 aliphatic rings. The lowest BCUT2D eigenvalue weighted by atomic mass is 9.79. The predicted molar refractivity (Wildman–Crippen MR) is 134 cm³/mol. The molecule has 11 heteroatoms. The number of carbonyl (C=O) groups is 1. The summed E-state index contributed by atoms with van der Waals surface area (Å²) in [6.45, 7) is 9.29. The van der Waals surface area contributed by atoms with E-state index in [1.165, 1.54) is 20.0 Å². The number of carbonyl (C=O) groups excluding carboxylic acids is 1. The van der Waals surface area contributed by atoms with Gasteiger partial charge >= 0.3 is 6.18 Å². The van der Waals surface area contributed by atoms with Crippen LogP contribution in [0.5, 0.6) is 0 Å². The first-order valence-corrected chi connectivity index (χ1v) is 12.6. The number of anilines is 1. The van der Waals surface area contributed by atoms with Crippen LogP contribution in [0.25, 0.3) is 11.3 Å². The standard InChI is InChI=1S/C25H35ClF3N5O2/c1-6-34-21(17-12-30-18(11-16(17)3)32-23(4,5)13-25(27,28)29)19(26)20(33-34)22(35)31-14-24(36)9-7-15(2)8-10-24/h11-12,15,36H,6-10,13-14H2,1-5H3,(H,30,32)(H,31,35). The van der Waals surface area contributed by atoms with Crippen LogP contribution in [-0.4, -0.2) is 49.6 Å². The summed E-state index contributed by atoms with van der Waals surface area (Å²) in [4.78, 5) is 17.2. The van der Waals surface area contributed by atoms with Gasteiger partial charge in [-0.2, -0.15) is 18.3 Å². The molecule has 0 aromatic carbocycles. The molecule has 0 saturated heterocycles. The molecule has 1 aliphatic carbocycles. The van der Waals surface area contributed by atoms with Crippen molar-refractivity contribution in [1.29, 1.82) is 0 Å².